The first kappa shape index (κ1) is 24.4. The van der Waals surface area contributed by atoms with E-state index >= 15 is 0 Å². The average Bonchev–Trinajstić information content (AvgIpc) is 2.81. The fraction of sp³-hybridized carbons (Fsp3) is 0.269. The topological polar surface area (TPSA) is 118 Å². The molecule has 1 aromatic carbocycles. The lowest BCUT2D eigenvalue weighted by Crippen LogP contribution is -2.34. The Morgan fingerprint density at radius 1 is 1.11 bits per heavy atom. The van der Waals surface area contributed by atoms with E-state index in [4.69, 9.17) is 4.74 Å². The maximum Gasteiger partial charge on any atom is 0.270 e. The number of nitrogens with zero attached hydrogens (tertiary/aromatic N) is 1. The predicted molar refractivity (Wildman–Crippen MR) is 135 cm³/mol. The van der Waals surface area contributed by atoms with Gasteiger partial charge in [0.2, 0.25) is 5.88 Å². The lowest BCUT2D eigenvalue weighted by molar-refractivity contribution is 0.0978. The molecule has 0 atom stereocenters. The van der Waals surface area contributed by atoms with Gasteiger partial charge in [0.25, 0.3) is 21.5 Å². The van der Waals surface area contributed by atoms with Gasteiger partial charge in [0.05, 0.1) is 5.69 Å². The molecule has 2 heterocycles. The standard InChI is InChI=1S/C26H27N3O5S.H2/c1-16-14-17(2)23(18(3)15-16)34-26-20(11-12-21(28-26)19-8-5-4-6-9-19)24(30)29-35(32,33)22-10-7-13-27-25(22)31;/h7-8,10-15H,4-6,9H2,1-3H3,(H,27,31)(H,29,30);1H. The van der Waals surface area contributed by atoms with Crippen molar-refractivity contribution in [2.75, 3.05) is 0 Å². The average molecular weight is 496 g/mol. The zero-order chi connectivity index (χ0) is 25.2. The van der Waals surface area contributed by atoms with Gasteiger partial charge in [-0.3, -0.25) is 9.59 Å². The number of aromatic nitrogens is 2. The Morgan fingerprint density at radius 2 is 1.86 bits per heavy atom. The predicted octanol–water partition coefficient (Wildman–Crippen LogP) is 4.81. The summed E-state index contributed by atoms with van der Waals surface area (Å²) in [5.74, 6) is -0.393. The number of sulfonamides is 1. The molecular formula is C26H29N3O5S. The van der Waals surface area contributed by atoms with Crippen molar-refractivity contribution in [2.45, 2.75) is 51.3 Å². The van der Waals surface area contributed by atoms with Crippen molar-refractivity contribution in [1.82, 2.24) is 14.7 Å². The minimum Gasteiger partial charge on any atom is -0.438 e. The first-order valence-electron chi connectivity index (χ1n) is 11.4. The van der Waals surface area contributed by atoms with E-state index in [1.807, 2.05) is 37.6 Å². The molecule has 4 rings (SSSR count). The molecule has 0 aliphatic heterocycles. The maximum atomic E-state index is 13.1. The van der Waals surface area contributed by atoms with E-state index in [-0.39, 0.29) is 12.9 Å². The highest BCUT2D eigenvalue weighted by Gasteiger charge is 2.25. The maximum absolute atomic E-state index is 13.1. The van der Waals surface area contributed by atoms with Crippen LogP contribution in [0.15, 0.2) is 58.4 Å². The van der Waals surface area contributed by atoms with E-state index < -0.39 is 26.4 Å². The van der Waals surface area contributed by atoms with Gasteiger partial charge in [-0.15, -0.1) is 0 Å². The fourth-order valence-corrected chi connectivity index (χ4v) is 5.24. The number of aryl methyl sites for hydroxylation is 3. The Hall–Kier alpha value is -3.72. The van der Waals surface area contributed by atoms with E-state index in [2.05, 4.69) is 16.0 Å². The molecule has 0 saturated carbocycles. The molecule has 0 radical (unpaired) electrons. The van der Waals surface area contributed by atoms with Crippen LogP contribution in [0.25, 0.3) is 5.57 Å². The second kappa shape index (κ2) is 9.87. The number of pyridine rings is 2. The molecule has 35 heavy (non-hydrogen) atoms. The van der Waals surface area contributed by atoms with Crippen LogP contribution >= 0.6 is 0 Å². The van der Waals surface area contributed by atoms with Crippen molar-refractivity contribution in [3.63, 3.8) is 0 Å². The van der Waals surface area contributed by atoms with Crippen molar-refractivity contribution >= 4 is 21.5 Å². The van der Waals surface area contributed by atoms with Gasteiger partial charge in [0.1, 0.15) is 11.3 Å². The molecule has 1 aliphatic rings. The number of H-pyrrole nitrogens is 1. The summed E-state index contributed by atoms with van der Waals surface area (Å²) in [6, 6.07) is 9.61. The Bertz CT molecular complexity index is 1470. The summed E-state index contributed by atoms with van der Waals surface area (Å²) in [7, 11) is -4.42. The third-order valence-electron chi connectivity index (χ3n) is 5.83. The summed E-state index contributed by atoms with van der Waals surface area (Å²) >= 11 is 0. The molecule has 2 N–H and O–H groups in total. The van der Waals surface area contributed by atoms with Crippen molar-refractivity contribution in [1.29, 1.82) is 0 Å². The lowest BCUT2D eigenvalue weighted by atomic mass is 9.96. The summed E-state index contributed by atoms with van der Waals surface area (Å²) in [5.41, 5.74) is 3.66. The highest BCUT2D eigenvalue weighted by atomic mass is 32.2. The molecule has 2 aromatic heterocycles. The number of allylic oxidation sites excluding steroid dienone is 2. The van der Waals surface area contributed by atoms with Gasteiger partial charge in [-0.2, -0.15) is 0 Å². The van der Waals surface area contributed by atoms with Crippen LogP contribution in [-0.2, 0) is 10.0 Å². The number of hydrogen-bond acceptors (Lipinski definition) is 6. The summed E-state index contributed by atoms with van der Waals surface area (Å²) in [6.45, 7) is 5.77. The van der Waals surface area contributed by atoms with Gasteiger partial charge in [0.15, 0.2) is 4.90 Å². The smallest absolute Gasteiger partial charge is 0.270 e. The normalized spacial score (nSPS) is 13.7. The van der Waals surface area contributed by atoms with E-state index in [0.717, 1.165) is 54.0 Å². The molecule has 0 fully saturated rings. The quantitative estimate of drug-likeness (QED) is 0.507. The van der Waals surface area contributed by atoms with Gasteiger partial charge in [-0.05, 0) is 87.4 Å². The number of hydrogen-bond donors (Lipinski definition) is 2. The number of carbonyl (C=O) groups excluding carboxylic acids is 1. The molecule has 0 saturated heterocycles. The largest absolute Gasteiger partial charge is 0.438 e. The molecule has 9 heteroatoms. The molecular weight excluding hydrogens is 466 g/mol. The number of amides is 1. The Balaban J connectivity index is 0.00000361. The lowest BCUT2D eigenvalue weighted by Gasteiger charge is -2.17. The van der Waals surface area contributed by atoms with Crippen LogP contribution in [0.4, 0.5) is 0 Å². The van der Waals surface area contributed by atoms with Gasteiger partial charge in [-0.1, -0.05) is 23.8 Å². The first-order valence-corrected chi connectivity index (χ1v) is 12.8. The second-order valence-electron chi connectivity index (χ2n) is 8.65. The summed E-state index contributed by atoms with van der Waals surface area (Å²) in [4.78, 5) is 31.5. The SMILES string of the molecule is Cc1cc(C)c(Oc2nc(C3=CCCCC3)ccc2C(=O)NS(=O)(=O)c2ccc[nH]c2=O)c(C)c1.[HH]. The van der Waals surface area contributed by atoms with Crippen LogP contribution < -0.4 is 15.0 Å². The molecule has 1 aliphatic carbocycles. The molecule has 1 amide bonds. The van der Waals surface area contributed by atoms with Gasteiger partial charge in [0, 0.05) is 7.62 Å². The minimum atomic E-state index is -4.42. The molecule has 0 spiro atoms. The molecule has 0 unspecified atom stereocenters. The Morgan fingerprint density at radius 3 is 2.51 bits per heavy atom. The Kier molecular flexibility index (Phi) is 6.88. The van der Waals surface area contributed by atoms with E-state index in [1.54, 1.807) is 6.07 Å². The van der Waals surface area contributed by atoms with Crippen LogP contribution in [0.3, 0.4) is 0 Å². The van der Waals surface area contributed by atoms with Crippen LogP contribution in [0.2, 0.25) is 0 Å². The Labute approximate surface area is 205 Å². The van der Waals surface area contributed by atoms with E-state index in [1.165, 1.54) is 18.3 Å². The third-order valence-corrected chi connectivity index (χ3v) is 7.18. The van der Waals surface area contributed by atoms with Gasteiger partial charge in [-0.25, -0.2) is 18.1 Å². The molecule has 8 nitrogen and oxygen atoms in total. The summed E-state index contributed by atoms with van der Waals surface area (Å²) < 4.78 is 33.6. The minimum absolute atomic E-state index is 0. The summed E-state index contributed by atoms with van der Waals surface area (Å²) in [5, 5.41) is 0. The second-order valence-corrected chi connectivity index (χ2v) is 10.3. The van der Waals surface area contributed by atoms with Crippen molar-refractivity contribution in [3.8, 4) is 11.6 Å². The zero-order valence-electron chi connectivity index (χ0n) is 19.8. The van der Waals surface area contributed by atoms with E-state index in [0.29, 0.717) is 11.4 Å². The number of carbonyl (C=O) groups is 1. The monoisotopic (exact) mass is 495 g/mol. The van der Waals surface area contributed by atoms with Crippen LogP contribution in [0.5, 0.6) is 11.6 Å². The fourth-order valence-electron chi connectivity index (χ4n) is 4.21. The van der Waals surface area contributed by atoms with Gasteiger partial charge >= 0.3 is 0 Å². The molecule has 3 aromatic rings. The number of nitrogens with one attached hydrogen (secondary N) is 2. The van der Waals surface area contributed by atoms with E-state index in [9.17, 15) is 18.0 Å². The number of rotatable bonds is 6. The van der Waals surface area contributed by atoms with Crippen molar-refractivity contribution in [3.05, 3.63) is 87.0 Å². The highest BCUT2D eigenvalue weighted by Crippen LogP contribution is 2.33. The first-order chi connectivity index (χ1) is 16.7. The molecule has 0 bridgehead atoms. The third kappa shape index (κ3) is 5.35. The van der Waals surface area contributed by atoms with Crippen LogP contribution in [0.1, 0.15) is 59.9 Å². The summed E-state index contributed by atoms with van der Waals surface area (Å²) in [6.07, 6.45) is 7.42. The van der Waals surface area contributed by atoms with Crippen molar-refractivity contribution < 1.29 is 19.4 Å². The number of ether oxygens (including phenoxy) is 1. The van der Waals surface area contributed by atoms with Crippen LogP contribution in [0, 0.1) is 20.8 Å². The highest BCUT2D eigenvalue weighted by molar-refractivity contribution is 7.90. The zero-order valence-corrected chi connectivity index (χ0v) is 20.7. The number of aromatic amines is 1. The number of benzene rings is 1. The van der Waals surface area contributed by atoms with Crippen molar-refractivity contribution in [2.24, 2.45) is 0 Å². The van der Waals surface area contributed by atoms with Crippen LogP contribution in [-0.4, -0.2) is 24.3 Å². The van der Waals surface area contributed by atoms with Gasteiger partial charge < -0.3 is 9.72 Å². The molecule has 184 valence electrons.